The summed E-state index contributed by atoms with van der Waals surface area (Å²) < 4.78 is 10.6. The van der Waals surface area contributed by atoms with Crippen LogP contribution in [0.2, 0.25) is 0 Å². The van der Waals surface area contributed by atoms with E-state index in [4.69, 9.17) is 15.2 Å². The van der Waals surface area contributed by atoms with Crippen LogP contribution in [0.15, 0.2) is 12.1 Å². The maximum atomic E-state index is 11.7. The maximum Gasteiger partial charge on any atom is 0.165 e. The number of rotatable bonds is 3. The molecule has 4 heteroatoms. The van der Waals surface area contributed by atoms with Gasteiger partial charge in [-0.3, -0.25) is 4.79 Å². The Kier molecular flexibility index (Phi) is 2.83. The number of fused-ring (bicyclic) bond motifs is 1. The molecular weight excluding hydrogens is 206 g/mol. The smallest absolute Gasteiger partial charge is 0.165 e. The molecule has 2 rings (SSSR count). The van der Waals surface area contributed by atoms with Crippen LogP contribution in [-0.2, 0) is 0 Å². The van der Waals surface area contributed by atoms with E-state index in [1.165, 1.54) is 0 Å². The average Bonchev–Trinajstić information content (AvgIpc) is 2.54. The Balaban J connectivity index is 2.50. The Labute approximate surface area is 94.3 Å². The summed E-state index contributed by atoms with van der Waals surface area (Å²) in [5, 5.41) is 0. The molecule has 1 aliphatic rings. The van der Waals surface area contributed by atoms with Crippen LogP contribution in [0, 0.1) is 0 Å². The van der Waals surface area contributed by atoms with Crippen molar-refractivity contribution in [2.75, 3.05) is 13.7 Å². The summed E-state index contributed by atoms with van der Waals surface area (Å²) in [6.45, 7) is 2.43. The monoisotopic (exact) mass is 221 g/mol. The lowest BCUT2D eigenvalue weighted by molar-refractivity contribution is 0.0989. The zero-order valence-electron chi connectivity index (χ0n) is 9.45. The van der Waals surface area contributed by atoms with E-state index in [2.05, 4.69) is 0 Å². The number of hydrogen-bond donors (Lipinski definition) is 1. The number of hydrogen-bond acceptors (Lipinski definition) is 4. The van der Waals surface area contributed by atoms with Gasteiger partial charge in [0.2, 0.25) is 0 Å². The van der Waals surface area contributed by atoms with Gasteiger partial charge in [0, 0.05) is 18.0 Å². The summed E-state index contributed by atoms with van der Waals surface area (Å²) in [5.74, 6) is 1.31. The summed E-state index contributed by atoms with van der Waals surface area (Å²) in [6, 6.07) is 3.31. The molecule has 0 saturated heterocycles. The molecule has 0 bridgehead atoms. The van der Waals surface area contributed by atoms with Gasteiger partial charge in [-0.1, -0.05) is 0 Å². The molecule has 0 aliphatic heterocycles. The van der Waals surface area contributed by atoms with Crippen LogP contribution < -0.4 is 15.2 Å². The number of benzene rings is 1. The number of methoxy groups -OCH3 is 1. The quantitative estimate of drug-likeness (QED) is 0.843. The third-order valence-corrected chi connectivity index (χ3v) is 2.74. The minimum absolute atomic E-state index is 0.0751. The lowest BCUT2D eigenvalue weighted by Gasteiger charge is -2.12. The SMILES string of the molecule is CCOc1cc2c(cc1OC)[C@@H](N)CC2=O. The molecule has 0 aromatic heterocycles. The molecule has 16 heavy (non-hydrogen) atoms. The van der Waals surface area contributed by atoms with E-state index < -0.39 is 0 Å². The highest BCUT2D eigenvalue weighted by atomic mass is 16.5. The van der Waals surface area contributed by atoms with Crippen LogP contribution in [0.5, 0.6) is 11.5 Å². The van der Waals surface area contributed by atoms with Crippen molar-refractivity contribution < 1.29 is 14.3 Å². The predicted octanol–water partition coefficient (Wildman–Crippen LogP) is 1.68. The fourth-order valence-electron chi connectivity index (χ4n) is 1.97. The molecule has 86 valence electrons. The highest BCUT2D eigenvalue weighted by Crippen LogP contribution is 2.38. The number of Topliss-reactive ketones (excluding diaryl/α,β-unsaturated/α-hetero) is 1. The largest absolute Gasteiger partial charge is 0.493 e. The maximum absolute atomic E-state index is 11.7. The number of carbonyl (C=O) groups is 1. The Morgan fingerprint density at radius 1 is 1.44 bits per heavy atom. The van der Waals surface area contributed by atoms with Crippen molar-refractivity contribution in [3.05, 3.63) is 23.3 Å². The Hall–Kier alpha value is -1.55. The van der Waals surface area contributed by atoms with Crippen LogP contribution >= 0.6 is 0 Å². The van der Waals surface area contributed by atoms with E-state index in [0.29, 0.717) is 30.1 Å². The third kappa shape index (κ3) is 1.65. The van der Waals surface area contributed by atoms with Gasteiger partial charge in [0.25, 0.3) is 0 Å². The van der Waals surface area contributed by atoms with E-state index >= 15 is 0 Å². The van der Waals surface area contributed by atoms with Gasteiger partial charge in [-0.05, 0) is 24.6 Å². The zero-order chi connectivity index (χ0) is 11.7. The molecule has 2 N–H and O–H groups in total. The highest BCUT2D eigenvalue weighted by molar-refractivity contribution is 6.01. The van der Waals surface area contributed by atoms with E-state index in [-0.39, 0.29) is 11.8 Å². The van der Waals surface area contributed by atoms with Gasteiger partial charge in [-0.25, -0.2) is 0 Å². The molecule has 1 aromatic rings. The minimum Gasteiger partial charge on any atom is -0.493 e. The molecule has 0 spiro atoms. The molecule has 0 heterocycles. The van der Waals surface area contributed by atoms with Gasteiger partial charge in [-0.15, -0.1) is 0 Å². The predicted molar refractivity (Wildman–Crippen MR) is 60.0 cm³/mol. The molecule has 1 aromatic carbocycles. The van der Waals surface area contributed by atoms with E-state index in [0.717, 1.165) is 5.56 Å². The lowest BCUT2D eigenvalue weighted by atomic mass is 10.1. The van der Waals surface area contributed by atoms with Crippen molar-refractivity contribution in [1.82, 2.24) is 0 Å². The van der Waals surface area contributed by atoms with E-state index in [1.54, 1.807) is 19.2 Å². The average molecular weight is 221 g/mol. The normalized spacial score (nSPS) is 18.4. The van der Waals surface area contributed by atoms with E-state index in [1.807, 2.05) is 6.92 Å². The Morgan fingerprint density at radius 2 is 2.19 bits per heavy atom. The van der Waals surface area contributed by atoms with Crippen LogP contribution in [0.25, 0.3) is 0 Å². The van der Waals surface area contributed by atoms with Gasteiger partial charge < -0.3 is 15.2 Å². The first kappa shape index (κ1) is 11.0. The molecule has 4 nitrogen and oxygen atoms in total. The van der Waals surface area contributed by atoms with Crippen LogP contribution in [0.4, 0.5) is 0 Å². The second-order valence-electron chi connectivity index (χ2n) is 3.76. The summed E-state index contributed by atoms with van der Waals surface area (Å²) in [4.78, 5) is 11.7. The minimum atomic E-state index is -0.216. The Morgan fingerprint density at radius 3 is 2.81 bits per heavy atom. The first-order valence-corrected chi connectivity index (χ1v) is 5.30. The van der Waals surface area contributed by atoms with Gasteiger partial charge >= 0.3 is 0 Å². The summed E-state index contributed by atoms with van der Waals surface area (Å²) >= 11 is 0. The zero-order valence-corrected chi connectivity index (χ0v) is 9.45. The van der Waals surface area contributed by atoms with Gasteiger partial charge in [0.05, 0.1) is 13.7 Å². The number of ether oxygens (including phenoxy) is 2. The summed E-state index contributed by atoms with van der Waals surface area (Å²) in [6.07, 6.45) is 0.369. The van der Waals surface area contributed by atoms with Crippen LogP contribution in [0.3, 0.4) is 0 Å². The van der Waals surface area contributed by atoms with Crippen molar-refractivity contribution in [1.29, 1.82) is 0 Å². The fourth-order valence-corrected chi connectivity index (χ4v) is 1.97. The molecule has 0 radical (unpaired) electrons. The second kappa shape index (κ2) is 4.14. The fraction of sp³-hybridized carbons (Fsp3) is 0.417. The molecule has 0 amide bonds. The van der Waals surface area contributed by atoms with Crippen LogP contribution in [-0.4, -0.2) is 19.5 Å². The lowest BCUT2D eigenvalue weighted by Crippen LogP contribution is -2.06. The number of ketones is 1. The van der Waals surface area contributed by atoms with Crippen molar-refractivity contribution in [3.63, 3.8) is 0 Å². The van der Waals surface area contributed by atoms with Crippen molar-refractivity contribution in [2.24, 2.45) is 5.73 Å². The second-order valence-corrected chi connectivity index (χ2v) is 3.76. The topological polar surface area (TPSA) is 61.6 Å². The van der Waals surface area contributed by atoms with Gasteiger partial charge in [0.1, 0.15) is 0 Å². The van der Waals surface area contributed by atoms with Crippen molar-refractivity contribution in [3.8, 4) is 11.5 Å². The van der Waals surface area contributed by atoms with Crippen molar-refractivity contribution in [2.45, 2.75) is 19.4 Å². The van der Waals surface area contributed by atoms with Gasteiger partial charge in [-0.2, -0.15) is 0 Å². The van der Waals surface area contributed by atoms with Crippen LogP contribution in [0.1, 0.15) is 35.3 Å². The first-order chi connectivity index (χ1) is 7.67. The molecular formula is C12H15NO3. The highest BCUT2D eigenvalue weighted by Gasteiger charge is 2.28. The molecule has 1 atom stereocenters. The molecule has 0 unspecified atom stereocenters. The first-order valence-electron chi connectivity index (χ1n) is 5.30. The van der Waals surface area contributed by atoms with E-state index in [9.17, 15) is 4.79 Å². The third-order valence-electron chi connectivity index (χ3n) is 2.74. The Bertz CT molecular complexity index is 429. The molecule has 1 aliphatic carbocycles. The molecule has 0 fully saturated rings. The molecule has 0 saturated carbocycles. The number of carbonyl (C=O) groups excluding carboxylic acids is 1. The standard InChI is InChI=1S/C12H15NO3/c1-3-16-12-5-8-7(4-11(12)15-2)9(13)6-10(8)14/h4-5,9H,3,6,13H2,1-2H3/t9-/m0/s1. The number of nitrogens with two attached hydrogens (primary N) is 1. The summed E-state index contributed by atoms with van der Waals surface area (Å²) in [7, 11) is 1.58. The summed E-state index contributed by atoms with van der Waals surface area (Å²) in [5.41, 5.74) is 7.38. The van der Waals surface area contributed by atoms with Gasteiger partial charge in [0.15, 0.2) is 17.3 Å². The van der Waals surface area contributed by atoms with Crippen molar-refractivity contribution >= 4 is 5.78 Å².